The molecule has 0 amide bonds. The van der Waals surface area contributed by atoms with Gasteiger partial charge in [0.05, 0.1) is 13.2 Å². The smallest absolute Gasteiger partial charge is 0.462 e. The van der Waals surface area contributed by atoms with E-state index in [0.717, 1.165) is 61.9 Å². The van der Waals surface area contributed by atoms with E-state index in [0.29, 0.717) is 18.8 Å². The van der Waals surface area contributed by atoms with Crippen LogP contribution in [0.2, 0.25) is 0 Å². The topological polar surface area (TPSA) is 265 Å². The van der Waals surface area contributed by atoms with Crippen molar-refractivity contribution < 1.29 is 66.3 Å². The summed E-state index contributed by atoms with van der Waals surface area (Å²) in [4.78, 5) is 61.7. The second-order valence-electron chi connectivity index (χ2n) is 17.9. The molecule has 2 heterocycles. The van der Waals surface area contributed by atoms with Crippen LogP contribution in [0.1, 0.15) is 188 Å². The summed E-state index contributed by atoms with van der Waals surface area (Å²) in [5.74, 6) is 0.199. The van der Waals surface area contributed by atoms with Crippen LogP contribution >= 0.6 is 15.6 Å². The molecule has 1 aromatic rings. The maximum atomic E-state index is 12.8. The average Bonchev–Trinajstić information content (AvgIpc) is 3.50. The number of nitrogens with two attached hydrogens (primary N) is 1. The van der Waals surface area contributed by atoms with Crippen molar-refractivity contribution in [3.63, 3.8) is 0 Å². The number of unbranched alkanes of at least 4 members (excludes halogenated alkanes) is 18. The molecule has 1 fully saturated rings. The molecule has 372 valence electrons. The molecule has 1 aromatic heterocycles. The summed E-state index contributed by atoms with van der Waals surface area (Å²) in [6.45, 7) is 6.69. The van der Waals surface area contributed by atoms with Crippen molar-refractivity contribution >= 4 is 33.4 Å². The summed E-state index contributed by atoms with van der Waals surface area (Å²) in [5.41, 5.74) is 4.58. The minimum Gasteiger partial charge on any atom is -0.462 e. The molecule has 64 heavy (non-hydrogen) atoms. The SMILES string of the molecule is CC(C)CCCCCCCCCCCCCCCC(=O)O[C@H](COC(=O)CCCCCCCCCC(C)C)COP(=O)(O)OP(=O)(O)OC[C@H]1O[C@@H](n2ccc(N)nc2=O)C(O)[C@H]1O. The van der Waals surface area contributed by atoms with Gasteiger partial charge in [0, 0.05) is 19.0 Å². The Kier molecular flexibility index (Phi) is 29.4. The highest BCUT2D eigenvalue weighted by Crippen LogP contribution is 2.60. The van der Waals surface area contributed by atoms with Gasteiger partial charge in [-0.15, -0.1) is 0 Å². The van der Waals surface area contributed by atoms with Crippen molar-refractivity contribution in [1.29, 1.82) is 0 Å². The highest BCUT2D eigenvalue weighted by Gasteiger charge is 2.46. The van der Waals surface area contributed by atoms with E-state index in [1.165, 1.54) is 89.3 Å². The number of esters is 2. The van der Waals surface area contributed by atoms with E-state index in [2.05, 4.69) is 37.0 Å². The third-order valence-corrected chi connectivity index (χ3v) is 13.6. The quantitative estimate of drug-likeness (QED) is 0.0235. The fourth-order valence-electron chi connectivity index (χ4n) is 7.33. The lowest BCUT2D eigenvalue weighted by Crippen LogP contribution is -2.36. The summed E-state index contributed by atoms with van der Waals surface area (Å²) in [7, 11) is -10.8. The summed E-state index contributed by atoms with van der Waals surface area (Å²) in [5, 5.41) is 20.9. The maximum Gasteiger partial charge on any atom is 0.481 e. The normalized spacial score (nSPS) is 20.0. The molecule has 7 atom stereocenters. The number of aliphatic hydroxyl groups excluding tert-OH is 2. The van der Waals surface area contributed by atoms with Gasteiger partial charge in [-0.05, 0) is 30.7 Å². The second kappa shape index (κ2) is 32.5. The highest BCUT2D eigenvalue weighted by atomic mass is 31.3. The van der Waals surface area contributed by atoms with Crippen LogP contribution in [0.3, 0.4) is 0 Å². The summed E-state index contributed by atoms with van der Waals surface area (Å²) >= 11 is 0. The number of nitrogens with zero attached hydrogens (tertiary/aromatic N) is 2. The van der Waals surface area contributed by atoms with E-state index < -0.39 is 83.7 Å². The van der Waals surface area contributed by atoms with E-state index in [1.54, 1.807) is 0 Å². The first kappa shape index (κ1) is 57.9. The zero-order chi connectivity index (χ0) is 47.4. The molecular formula is C44H81N3O15P2. The van der Waals surface area contributed by atoms with Gasteiger partial charge in [-0.1, -0.05) is 156 Å². The van der Waals surface area contributed by atoms with Gasteiger partial charge < -0.3 is 39.9 Å². The lowest BCUT2D eigenvalue weighted by Gasteiger charge is -2.21. The van der Waals surface area contributed by atoms with Gasteiger partial charge >= 0.3 is 33.3 Å². The van der Waals surface area contributed by atoms with E-state index in [1.807, 2.05) is 0 Å². The van der Waals surface area contributed by atoms with E-state index >= 15 is 0 Å². The Labute approximate surface area is 380 Å². The minimum absolute atomic E-state index is 0.0557. The number of phosphoric acid groups is 2. The summed E-state index contributed by atoms with van der Waals surface area (Å²) < 4.78 is 56.6. The van der Waals surface area contributed by atoms with Crippen molar-refractivity contribution in [1.82, 2.24) is 9.55 Å². The second-order valence-corrected chi connectivity index (χ2v) is 21.0. The minimum atomic E-state index is -5.41. The number of anilines is 1. The predicted octanol–water partition coefficient (Wildman–Crippen LogP) is 8.82. The van der Waals surface area contributed by atoms with Crippen molar-refractivity contribution in [3.8, 4) is 0 Å². The van der Waals surface area contributed by atoms with Crippen LogP contribution < -0.4 is 11.4 Å². The lowest BCUT2D eigenvalue weighted by molar-refractivity contribution is -0.161. The Morgan fingerprint density at radius 2 is 1.16 bits per heavy atom. The van der Waals surface area contributed by atoms with E-state index in [4.69, 9.17) is 29.0 Å². The van der Waals surface area contributed by atoms with E-state index in [-0.39, 0.29) is 18.7 Å². The Morgan fingerprint density at radius 1 is 0.703 bits per heavy atom. The third kappa shape index (κ3) is 26.8. The van der Waals surface area contributed by atoms with Gasteiger partial charge in [0.1, 0.15) is 30.7 Å². The Balaban J connectivity index is 1.81. The molecule has 0 aliphatic carbocycles. The molecule has 6 N–H and O–H groups in total. The van der Waals surface area contributed by atoms with Crippen molar-refractivity contribution in [2.45, 2.75) is 212 Å². The molecule has 2 rings (SSSR count). The van der Waals surface area contributed by atoms with Crippen molar-refractivity contribution in [2.24, 2.45) is 11.8 Å². The predicted molar refractivity (Wildman–Crippen MR) is 243 cm³/mol. The monoisotopic (exact) mass is 954 g/mol. The lowest BCUT2D eigenvalue weighted by atomic mass is 10.0. The Morgan fingerprint density at radius 3 is 1.64 bits per heavy atom. The van der Waals surface area contributed by atoms with Crippen LogP contribution in [0.15, 0.2) is 17.1 Å². The number of nitrogen functional groups attached to an aromatic ring is 1. The fourth-order valence-corrected chi connectivity index (χ4v) is 9.44. The largest absolute Gasteiger partial charge is 0.481 e. The number of hydrogen-bond acceptors (Lipinski definition) is 15. The number of rotatable bonds is 38. The number of carbonyl (C=O) groups is 2. The van der Waals surface area contributed by atoms with Gasteiger partial charge in [0.2, 0.25) is 0 Å². The van der Waals surface area contributed by atoms with Crippen molar-refractivity contribution in [3.05, 3.63) is 22.7 Å². The number of aliphatic hydroxyl groups is 2. The standard InChI is InChI=1S/C44H81N3O15P2/c1-34(2)25-21-17-13-10-8-6-5-7-9-11-15-20-24-28-40(49)60-36(31-57-39(48)27-23-19-16-12-14-18-22-26-35(3)4)32-58-63(53,54)62-64(55,56)59-33-37-41(50)42(51)43(61-37)47-30-29-38(45)46-44(47)52/h29-30,34-37,41-43,50-51H,5-28,31-33H2,1-4H3,(H,53,54)(H,55,56)(H2,45,46,52)/t36-,37-,41+,42?,43-/m1/s1. The Hall–Kier alpha value is -2.24. The first-order valence-corrected chi connectivity index (χ1v) is 26.8. The summed E-state index contributed by atoms with van der Waals surface area (Å²) in [6.07, 6.45) is 18.0. The molecule has 0 aromatic carbocycles. The van der Waals surface area contributed by atoms with Crippen LogP contribution in [0.5, 0.6) is 0 Å². The van der Waals surface area contributed by atoms with Gasteiger partial charge in [-0.3, -0.25) is 23.2 Å². The molecule has 0 radical (unpaired) electrons. The number of hydrogen-bond donors (Lipinski definition) is 5. The summed E-state index contributed by atoms with van der Waals surface area (Å²) in [6, 6.07) is 1.25. The van der Waals surface area contributed by atoms with Crippen molar-refractivity contribution in [2.75, 3.05) is 25.6 Å². The van der Waals surface area contributed by atoms with E-state index in [9.17, 15) is 43.5 Å². The molecule has 0 spiro atoms. The molecule has 0 bridgehead atoms. The van der Waals surface area contributed by atoms with Crippen LogP contribution in [-0.2, 0) is 46.3 Å². The first-order chi connectivity index (χ1) is 30.4. The first-order valence-electron chi connectivity index (χ1n) is 23.8. The average molecular weight is 954 g/mol. The molecule has 1 saturated heterocycles. The molecule has 1 aliphatic rings. The number of aromatic nitrogens is 2. The molecule has 1 aliphatic heterocycles. The van der Waals surface area contributed by atoms with Gasteiger partial charge in [0.15, 0.2) is 12.3 Å². The Bertz CT molecular complexity index is 1600. The van der Waals surface area contributed by atoms with Crippen LogP contribution in [0, 0.1) is 11.8 Å². The number of carbonyl (C=O) groups excluding carboxylic acids is 2. The van der Waals surface area contributed by atoms with Gasteiger partial charge in [-0.25, -0.2) is 13.9 Å². The number of ether oxygens (including phenoxy) is 3. The maximum absolute atomic E-state index is 12.8. The van der Waals surface area contributed by atoms with Crippen LogP contribution in [-0.4, -0.2) is 85.7 Å². The zero-order valence-corrected chi connectivity index (χ0v) is 40.7. The van der Waals surface area contributed by atoms with Gasteiger partial charge in [0.25, 0.3) is 0 Å². The molecule has 0 saturated carbocycles. The third-order valence-electron chi connectivity index (χ3n) is 11.0. The zero-order valence-electron chi connectivity index (χ0n) is 38.9. The van der Waals surface area contributed by atoms with Gasteiger partial charge in [-0.2, -0.15) is 9.29 Å². The van der Waals surface area contributed by atoms with Crippen LogP contribution in [0.25, 0.3) is 0 Å². The molecule has 18 nitrogen and oxygen atoms in total. The molecule has 20 heteroatoms. The number of phosphoric ester groups is 2. The molecule has 3 unspecified atom stereocenters. The fraction of sp³-hybridized carbons (Fsp3) is 0.864. The van der Waals surface area contributed by atoms with Crippen LogP contribution in [0.4, 0.5) is 5.82 Å². The highest BCUT2D eigenvalue weighted by molar-refractivity contribution is 7.61. The molecular weight excluding hydrogens is 872 g/mol.